The van der Waals surface area contributed by atoms with Crippen LogP contribution in [0, 0.1) is 0 Å². The number of pyridine rings is 1. The second kappa shape index (κ2) is 7.12. The first-order chi connectivity index (χ1) is 11.3. The number of hydrogen-bond donors (Lipinski definition) is 1. The molecule has 0 spiro atoms. The first-order valence-corrected chi connectivity index (χ1v) is 7.18. The Kier molecular flexibility index (Phi) is 5.52. The lowest BCUT2D eigenvalue weighted by atomic mass is 9.77. The third kappa shape index (κ3) is 4.01. The summed E-state index contributed by atoms with van der Waals surface area (Å²) in [6, 6.07) is 2.70. The van der Waals surface area contributed by atoms with Gasteiger partial charge in [0.25, 0.3) is 5.89 Å². The van der Waals surface area contributed by atoms with E-state index < -0.39 is 24.5 Å². The maximum atomic E-state index is 12.8. The Bertz CT molecular complexity index is 707. The van der Waals surface area contributed by atoms with Crippen LogP contribution < -0.4 is 10.5 Å². The van der Waals surface area contributed by atoms with Crippen molar-refractivity contribution in [3.63, 3.8) is 0 Å². The van der Waals surface area contributed by atoms with Crippen molar-refractivity contribution in [1.29, 1.82) is 0 Å². The molecule has 1 aliphatic carbocycles. The molecule has 2 heterocycles. The minimum Gasteiger partial charge on any atom is -0.471 e. The number of halogens is 5. The van der Waals surface area contributed by atoms with Crippen molar-refractivity contribution in [3.05, 3.63) is 24.2 Å². The molecule has 2 aromatic heterocycles. The van der Waals surface area contributed by atoms with Gasteiger partial charge in [0.15, 0.2) is 12.4 Å². The summed E-state index contributed by atoms with van der Waals surface area (Å²) in [5.74, 6) is -3.87. The van der Waals surface area contributed by atoms with E-state index in [-0.39, 0.29) is 24.2 Å². The second-order valence-corrected chi connectivity index (χ2v) is 5.67. The number of hydrogen-bond acceptors (Lipinski definition) is 6. The van der Waals surface area contributed by atoms with Gasteiger partial charge in [-0.15, -0.1) is 12.4 Å². The van der Waals surface area contributed by atoms with Crippen LogP contribution in [-0.4, -0.2) is 34.1 Å². The summed E-state index contributed by atoms with van der Waals surface area (Å²) in [4.78, 5) is 7.97. The average Bonchev–Trinajstić information content (AvgIpc) is 3.01. The van der Waals surface area contributed by atoms with Crippen molar-refractivity contribution in [2.75, 3.05) is 6.61 Å². The van der Waals surface area contributed by atoms with E-state index in [0.29, 0.717) is 11.4 Å². The zero-order valence-electron chi connectivity index (χ0n) is 12.8. The highest BCUT2D eigenvalue weighted by atomic mass is 35.5. The predicted molar refractivity (Wildman–Crippen MR) is 80.9 cm³/mol. The van der Waals surface area contributed by atoms with Crippen LogP contribution in [0.4, 0.5) is 17.6 Å². The van der Waals surface area contributed by atoms with Crippen LogP contribution in [0.2, 0.25) is 0 Å². The van der Waals surface area contributed by atoms with Crippen LogP contribution in [0.3, 0.4) is 0 Å². The van der Waals surface area contributed by atoms with Crippen molar-refractivity contribution < 1.29 is 26.8 Å². The summed E-state index contributed by atoms with van der Waals surface area (Å²) in [5.41, 5.74) is 5.96. The van der Waals surface area contributed by atoms with E-state index >= 15 is 0 Å². The molecule has 2 aromatic rings. The molecule has 6 nitrogen and oxygen atoms in total. The predicted octanol–water partition coefficient (Wildman–Crippen LogP) is 3.17. The summed E-state index contributed by atoms with van der Waals surface area (Å²) in [5, 5.41) is 3.84. The van der Waals surface area contributed by atoms with E-state index in [1.807, 2.05) is 0 Å². The van der Waals surface area contributed by atoms with Crippen molar-refractivity contribution >= 4 is 12.4 Å². The molecule has 0 saturated heterocycles. The highest BCUT2D eigenvalue weighted by Crippen LogP contribution is 2.37. The summed E-state index contributed by atoms with van der Waals surface area (Å²) in [6.07, 6.45) is 0.00243. The highest BCUT2D eigenvalue weighted by molar-refractivity contribution is 5.85. The van der Waals surface area contributed by atoms with Crippen molar-refractivity contribution in [2.24, 2.45) is 5.73 Å². The third-order valence-corrected chi connectivity index (χ3v) is 3.83. The summed E-state index contributed by atoms with van der Waals surface area (Å²) in [7, 11) is 0. The minimum atomic E-state index is -4.24. The number of nitrogens with two attached hydrogens (primary N) is 1. The number of ether oxygens (including phenoxy) is 1. The Labute approximate surface area is 146 Å². The Morgan fingerprint density at radius 3 is 2.56 bits per heavy atom. The Balaban J connectivity index is 0.00000225. The lowest BCUT2D eigenvalue weighted by molar-refractivity contribution is -0.148. The topological polar surface area (TPSA) is 87.1 Å². The number of rotatable bonds is 6. The highest BCUT2D eigenvalue weighted by Gasteiger charge is 2.42. The SMILES string of the molecule is Cl.NC1(c2noc(-c3ccc(OCC(F)(F)C(F)F)nc3)n2)CCC1. The molecule has 11 heteroatoms. The molecule has 3 rings (SSSR count). The first-order valence-electron chi connectivity index (χ1n) is 7.18. The van der Waals surface area contributed by atoms with Gasteiger partial charge in [0.2, 0.25) is 5.88 Å². The van der Waals surface area contributed by atoms with Gasteiger partial charge >= 0.3 is 12.3 Å². The summed E-state index contributed by atoms with van der Waals surface area (Å²) in [6.45, 7) is -1.46. The standard InChI is InChI=1S/C14H14F4N4O2.ClH/c15-11(16)14(17,18)7-23-9-3-2-8(6-20-9)10-21-12(22-24-10)13(19)4-1-5-13;/h2-3,6,11H,1,4-5,7,19H2;1H. The Hall–Kier alpha value is -1.94. The zero-order valence-corrected chi connectivity index (χ0v) is 13.6. The van der Waals surface area contributed by atoms with E-state index in [1.54, 1.807) is 0 Å². The van der Waals surface area contributed by atoms with E-state index in [4.69, 9.17) is 10.3 Å². The number of nitrogens with zero attached hydrogens (tertiary/aromatic N) is 3. The van der Waals surface area contributed by atoms with Gasteiger partial charge in [-0.1, -0.05) is 5.16 Å². The van der Waals surface area contributed by atoms with Crippen molar-refractivity contribution in [1.82, 2.24) is 15.1 Å². The molecule has 0 aliphatic heterocycles. The molecule has 2 N–H and O–H groups in total. The smallest absolute Gasteiger partial charge is 0.340 e. The Morgan fingerprint density at radius 2 is 2.04 bits per heavy atom. The van der Waals surface area contributed by atoms with Gasteiger partial charge < -0.3 is 15.0 Å². The van der Waals surface area contributed by atoms with Crippen LogP contribution in [0.15, 0.2) is 22.9 Å². The molecule has 0 atom stereocenters. The lowest BCUT2D eigenvalue weighted by Gasteiger charge is -2.34. The zero-order chi connectivity index (χ0) is 17.4. The van der Waals surface area contributed by atoms with Gasteiger partial charge in [0.1, 0.15) is 0 Å². The first kappa shape index (κ1) is 19.4. The molecule has 1 fully saturated rings. The fourth-order valence-electron chi connectivity index (χ4n) is 2.15. The van der Waals surface area contributed by atoms with E-state index in [1.165, 1.54) is 18.3 Å². The Morgan fingerprint density at radius 1 is 1.32 bits per heavy atom. The molecular weight excluding hydrogens is 368 g/mol. The van der Waals surface area contributed by atoms with Gasteiger partial charge in [-0.25, -0.2) is 13.8 Å². The third-order valence-electron chi connectivity index (χ3n) is 3.83. The fraction of sp³-hybridized carbons (Fsp3) is 0.500. The maximum Gasteiger partial charge on any atom is 0.340 e. The monoisotopic (exact) mass is 382 g/mol. The summed E-state index contributed by atoms with van der Waals surface area (Å²) < 4.78 is 59.4. The molecular formula is C14H15ClF4N4O2. The molecule has 0 bridgehead atoms. The molecule has 138 valence electrons. The van der Waals surface area contributed by atoms with Crippen molar-refractivity contribution in [3.8, 4) is 17.3 Å². The van der Waals surface area contributed by atoms with Gasteiger partial charge in [0, 0.05) is 12.3 Å². The van der Waals surface area contributed by atoms with E-state index in [0.717, 1.165) is 19.3 Å². The van der Waals surface area contributed by atoms with Crippen LogP contribution in [0.5, 0.6) is 5.88 Å². The van der Waals surface area contributed by atoms with Gasteiger partial charge in [-0.05, 0) is 25.3 Å². The van der Waals surface area contributed by atoms with Crippen molar-refractivity contribution in [2.45, 2.75) is 37.1 Å². The average molecular weight is 383 g/mol. The fourth-order valence-corrected chi connectivity index (χ4v) is 2.15. The molecule has 1 saturated carbocycles. The molecule has 0 unspecified atom stereocenters. The second-order valence-electron chi connectivity index (χ2n) is 5.67. The van der Waals surface area contributed by atoms with Gasteiger partial charge in [-0.3, -0.25) is 0 Å². The normalized spacial score (nSPS) is 16.2. The lowest BCUT2D eigenvalue weighted by Crippen LogP contribution is -2.44. The van der Waals surface area contributed by atoms with Crippen LogP contribution in [-0.2, 0) is 5.54 Å². The van der Waals surface area contributed by atoms with E-state index in [2.05, 4.69) is 19.9 Å². The summed E-state index contributed by atoms with van der Waals surface area (Å²) >= 11 is 0. The van der Waals surface area contributed by atoms with E-state index in [9.17, 15) is 17.6 Å². The van der Waals surface area contributed by atoms with Crippen LogP contribution in [0.25, 0.3) is 11.5 Å². The maximum absolute atomic E-state index is 12.8. The van der Waals surface area contributed by atoms with Gasteiger partial charge in [0.05, 0.1) is 11.1 Å². The largest absolute Gasteiger partial charge is 0.471 e. The van der Waals surface area contributed by atoms with Gasteiger partial charge in [-0.2, -0.15) is 13.8 Å². The molecule has 1 aliphatic rings. The quantitative estimate of drug-likeness (QED) is 0.772. The number of alkyl halides is 4. The molecule has 0 radical (unpaired) electrons. The molecule has 0 aromatic carbocycles. The number of aromatic nitrogens is 3. The molecule has 25 heavy (non-hydrogen) atoms. The van der Waals surface area contributed by atoms with Crippen LogP contribution >= 0.6 is 12.4 Å². The minimum absolute atomic E-state index is 0. The molecule has 0 amide bonds. The van der Waals surface area contributed by atoms with Crippen LogP contribution in [0.1, 0.15) is 25.1 Å².